The molecule has 188 valence electrons. The van der Waals surface area contributed by atoms with E-state index in [2.05, 4.69) is 15.1 Å². The van der Waals surface area contributed by atoms with E-state index in [0.29, 0.717) is 11.2 Å². The summed E-state index contributed by atoms with van der Waals surface area (Å²) in [4.78, 5) is 21.2. The van der Waals surface area contributed by atoms with E-state index in [-0.39, 0.29) is 18.8 Å². The number of aromatic nitrogens is 5. The number of pyridine rings is 3. The van der Waals surface area contributed by atoms with E-state index >= 15 is 0 Å². The van der Waals surface area contributed by atoms with Gasteiger partial charge in [0, 0.05) is 31.3 Å². The summed E-state index contributed by atoms with van der Waals surface area (Å²) in [5.74, 6) is 0. The van der Waals surface area contributed by atoms with Gasteiger partial charge < -0.3 is 4.74 Å². The molecule has 0 saturated carbocycles. The molecule has 0 bridgehead atoms. The minimum absolute atomic E-state index is 0.0695. The molecule has 37 heavy (non-hydrogen) atoms. The zero-order valence-electron chi connectivity index (χ0n) is 20.0. The lowest BCUT2D eigenvalue weighted by Gasteiger charge is -2.12. The number of rotatable bonds is 6. The summed E-state index contributed by atoms with van der Waals surface area (Å²) in [6.45, 7) is 1.80. The fourth-order valence-corrected chi connectivity index (χ4v) is 4.21. The smallest absolute Gasteiger partial charge is 0.378 e. The summed E-state index contributed by atoms with van der Waals surface area (Å²) in [6, 6.07) is 15.8. The van der Waals surface area contributed by atoms with Gasteiger partial charge in [0.2, 0.25) is 0 Å². The third-order valence-corrected chi connectivity index (χ3v) is 6.05. The second kappa shape index (κ2) is 9.62. The van der Waals surface area contributed by atoms with Crippen molar-refractivity contribution in [1.29, 1.82) is 0 Å². The SMILES string of the molecule is COCc1nc(C(F)(F)F)ccc1Cn1nc2c(-c3ccncc3)c(-c3ccc(C)cc3)ccn2c1=O. The van der Waals surface area contributed by atoms with Crippen molar-refractivity contribution in [3.63, 3.8) is 0 Å². The number of nitrogens with zero attached hydrogens (tertiary/aromatic N) is 5. The maximum atomic E-state index is 13.3. The van der Waals surface area contributed by atoms with Crippen LogP contribution in [0.5, 0.6) is 0 Å². The third-order valence-electron chi connectivity index (χ3n) is 6.05. The highest BCUT2D eigenvalue weighted by Crippen LogP contribution is 2.34. The van der Waals surface area contributed by atoms with Crippen LogP contribution in [0.2, 0.25) is 0 Å². The molecule has 0 radical (unpaired) electrons. The average molecular weight is 506 g/mol. The quantitative estimate of drug-likeness (QED) is 0.320. The van der Waals surface area contributed by atoms with Gasteiger partial charge in [0.15, 0.2) is 5.65 Å². The maximum Gasteiger partial charge on any atom is 0.433 e. The molecule has 5 rings (SSSR count). The van der Waals surface area contributed by atoms with Crippen LogP contribution in [0.3, 0.4) is 0 Å². The van der Waals surface area contributed by atoms with Gasteiger partial charge in [-0.2, -0.15) is 13.2 Å². The van der Waals surface area contributed by atoms with Crippen molar-refractivity contribution in [2.24, 2.45) is 0 Å². The summed E-state index contributed by atoms with van der Waals surface area (Å²) in [5.41, 5.74) is 3.99. The van der Waals surface area contributed by atoms with Crippen molar-refractivity contribution in [2.45, 2.75) is 26.3 Å². The van der Waals surface area contributed by atoms with Crippen molar-refractivity contribution in [2.75, 3.05) is 7.11 Å². The van der Waals surface area contributed by atoms with Crippen LogP contribution in [0.4, 0.5) is 13.2 Å². The zero-order chi connectivity index (χ0) is 26.2. The molecule has 7 nitrogen and oxygen atoms in total. The molecule has 0 fully saturated rings. The first-order valence-corrected chi connectivity index (χ1v) is 11.4. The number of alkyl halides is 3. The molecule has 0 N–H and O–H groups in total. The molecule has 0 atom stereocenters. The van der Waals surface area contributed by atoms with Crippen molar-refractivity contribution < 1.29 is 17.9 Å². The van der Waals surface area contributed by atoms with Gasteiger partial charge in [-0.1, -0.05) is 35.9 Å². The minimum atomic E-state index is -4.59. The Balaban J connectivity index is 1.67. The Morgan fingerprint density at radius 2 is 1.68 bits per heavy atom. The molecule has 0 saturated heterocycles. The molecule has 0 aliphatic heterocycles. The van der Waals surface area contributed by atoms with Gasteiger partial charge in [-0.25, -0.2) is 18.9 Å². The predicted molar refractivity (Wildman–Crippen MR) is 132 cm³/mol. The van der Waals surface area contributed by atoms with E-state index in [1.54, 1.807) is 18.6 Å². The van der Waals surface area contributed by atoms with E-state index < -0.39 is 17.6 Å². The molecule has 0 spiro atoms. The van der Waals surface area contributed by atoms with Crippen LogP contribution in [0.15, 0.2) is 78.0 Å². The highest BCUT2D eigenvalue weighted by atomic mass is 19.4. The van der Waals surface area contributed by atoms with Crippen molar-refractivity contribution in [3.8, 4) is 22.3 Å². The summed E-state index contributed by atoms with van der Waals surface area (Å²) < 4.78 is 47.3. The van der Waals surface area contributed by atoms with Gasteiger partial charge in [-0.3, -0.25) is 4.98 Å². The predicted octanol–water partition coefficient (Wildman–Crippen LogP) is 5.14. The summed E-state index contributed by atoms with van der Waals surface area (Å²) in [7, 11) is 1.37. The third kappa shape index (κ3) is 4.75. The number of hydrogen-bond acceptors (Lipinski definition) is 5. The van der Waals surface area contributed by atoms with Crippen LogP contribution in [0.25, 0.3) is 27.9 Å². The number of hydrogen-bond donors (Lipinski definition) is 0. The van der Waals surface area contributed by atoms with Crippen LogP contribution in [0.1, 0.15) is 22.5 Å². The molecule has 4 aromatic heterocycles. The molecule has 0 aliphatic rings. The topological polar surface area (TPSA) is 74.3 Å². The average Bonchev–Trinajstić information content (AvgIpc) is 3.20. The first-order chi connectivity index (χ1) is 17.8. The Hall–Kier alpha value is -4.31. The molecular formula is C27H22F3N5O2. The molecule has 10 heteroatoms. The summed E-state index contributed by atoms with van der Waals surface area (Å²) in [6.07, 6.45) is 0.393. The summed E-state index contributed by atoms with van der Waals surface area (Å²) in [5, 5.41) is 4.62. The molecule has 0 aliphatic carbocycles. The fourth-order valence-electron chi connectivity index (χ4n) is 4.21. The van der Waals surface area contributed by atoms with Gasteiger partial charge in [-0.15, -0.1) is 5.10 Å². The number of aryl methyl sites for hydroxylation is 1. The van der Waals surface area contributed by atoms with Crippen LogP contribution in [0, 0.1) is 6.92 Å². The van der Waals surface area contributed by atoms with Gasteiger partial charge in [-0.05, 0) is 53.4 Å². The summed E-state index contributed by atoms with van der Waals surface area (Å²) >= 11 is 0. The van der Waals surface area contributed by atoms with Gasteiger partial charge >= 0.3 is 11.9 Å². The molecular weight excluding hydrogens is 483 g/mol. The molecule has 0 unspecified atom stereocenters. The molecule has 4 heterocycles. The minimum Gasteiger partial charge on any atom is -0.378 e. The molecule has 0 amide bonds. The van der Waals surface area contributed by atoms with Gasteiger partial charge in [0.1, 0.15) is 5.69 Å². The first kappa shape index (κ1) is 24.4. The van der Waals surface area contributed by atoms with Crippen molar-refractivity contribution in [3.05, 3.63) is 106 Å². The fraction of sp³-hybridized carbons (Fsp3) is 0.185. The normalized spacial score (nSPS) is 11.8. The van der Waals surface area contributed by atoms with Crippen LogP contribution in [-0.2, 0) is 24.1 Å². The standard InChI is InChI=1S/C27H22F3N5O2/c1-17-3-5-18(6-4-17)21-11-14-34-25(24(21)19-9-12-31-13-10-19)33-35(26(34)36)15-20-7-8-23(27(28,29)30)32-22(20)16-37-2/h3-14H,15-16H2,1-2H3. The van der Waals surface area contributed by atoms with Gasteiger partial charge in [0.25, 0.3) is 0 Å². The second-order valence-electron chi connectivity index (χ2n) is 8.57. The molecule has 1 aromatic carbocycles. The van der Waals surface area contributed by atoms with E-state index in [1.807, 2.05) is 49.4 Å². The van der Waals surface area contributed by atoms with Crippen LogP contribution >= 0.6 is 0 Å². The molecule has 5 aromatic rings. The Kier molecular flexibility index (Phi) is 6.34. The second-order valence-corrected chi connectivity index (χ2v) is 8.57. The maximum absolute atomic E-state index is 13.3. The first-order valence-electron chi connectivity index (χ1n) is 11.4. The largest absolute Gasteiger partial charge is 0.433 e. The number of halogens is 3. The Bertz CT molecular complexity index is 1620. The Morgan fingerprint density at radius 1 is 0.946 bits per heavy atom. The number of ether oxygens (including phenoxy) is 1. The van der Waals surface area contributed by atoms with Crippen molar-refractivity contribution >= 4 is 5.65 Å². The van der Waals surface area contributed by atoms with Crippen LogP contribution < -0.4 is 5.69 Å². The van der Waals surface area contributed by atoms with E-state index in [9.17, 15) is 18.0 Å². The van der Waals surface area contributed by atoms with E-state index in [0.717, 1.165) is 33.9 Å². The van der Waals surface area contributed by atoms with E-state index in [1.165, 1.54) is 22.3 Å². The monoisotopic (exact) mass is 505 g/mol. The van der Waals surface area contributed by atoms with Crippen LogP contribution in [-0.4, -0.2) is 31.3 Å². The lowest BCUT2D eigenvalue weighted by molar-refractivity contribution is -0.141. The van der Waals surface area contributed by atoms with E-state index in [4.69, 9.17) is 4.74 Å². The van der Waals surface area contributed by atoms with Crippen molar-refractivity contribution in [1.82, 2.24) is 24.1 Å². The Morgan fingerprint density at radius 3 is 2.35 bits per heavy atom. The highest BCUT2D eigenvalue weighted by molar-refractivity contribution is 5.91. The zero-order valence-corrected chi connectivity index (χ0v) is 20.0. The lowest BCUT2D eigenvalue weighted by atomic mass is 9.96. The lowest BCUT2D eigenvalue weighted by Crippen LogP contribution is -2.23. The Labute approximate surface area is 209 Å². The van der Waals surface area contributed by atoms with Gasteiger partial charge in [0.05, 0.1) is 18.8 Å². The number of fused-ring (bicyclic) bond motifs is 1. The number of methoxy groups -OCH3 is 1. The highest BCUT2D eigenvalue weighted by Gasteiger charge is 2.33. The number of benzene rings is 1.